The van der Waals surface area contributed by atoms with Crippen molar-refractivity contribution >= 4 is 5.91 Å². The average molecular weight is 334 g/mol. The van der Waals surface area contributed by atoms with Crippen molar-refractivity contribution in [2.75, 3.05) is 26.8 Å². The van der Waals surface area contributed by atoms with Crippen molar-refractivity contribution in [3.05, 3.63) is 35.6 Å². The molecule has 0 aromatic heterocycles. The maximum Gasteiger partial charge on any atom is 0.225 e. The van der Waals surface area contributed by atoms with E-state index in [1.807, 2.05) is 11.0 Å². The Morgan fingerprint density at radius 3 is 3.04 bits per heavy atom. The highest BCUT2D eigenvalue weighted by Gasteiger charge is 2.43. The lowest BCUT2D eigenvalue weighted by atomic mass is 9.88. The molecule has 2 aliphatic rings. The Balaban J connectivity index is 1.84. The fraction of sp³-hybridized carbons (Fsp3) is 0.632. The Morgan fingerprint density at radius 2 is 2.25 bits per heavy atom. The van der Waals surface area contributed by atoms with E-state index in [2.05, 4.69) is 5.32 Å². The number of hydrogen-bond acceptors (Lipinski definition) is 3. The van der Waals surface area contributed by atoms with Crippen molar-refractivity contribution in [1.29, 1.82) is 0 Å². The first-order chi connectivity index (χ1) is 11.7. The van der Waals surface area contributed by atoms with E-state index in [0.717, 1.165) is 31.4 Å². The molecule has 4 nitrogen and oxygen atoms in total. The van der Waals surface area contributed by atoms with Gasteiger partial charge in [-0.05, 0) is 37.1 Å². The van der Waals surface area contributed by atoms with Gasteiger partial charge in [-0.1, -0.05) is 25.0 Å². The van der Waals surface area contributed by atoms with Gasteiger partial charge in [-0.3, -0.25) is 4.79 Å². The van der Waals surface area contributed by atoms with Gasteiger partial charge >= 0.3 is 0 Å². The van der Waals surface area contributed by atoms with Crippen LogP contribution < -0.4 is 5.32 Å². The summed E-state index contributed by atoms with van der Waals surface area (Å²) in [4.78, 5) is 14.7. The zero-order valence-corrected chi connectivity index (χ0v) is 14.3. The molecule has 0 saturated carbocycles. The maximum absolute atomic E-state index is 13.7. The minimum absolute atomic E-state index is 0.146. The summed E-state index contributed by atoms with van der Waals surface area (Å²) in [6.07, 6.45) is 4.93. The van der Waals surface area contributed by atoms with Crippen molar-refractivity contribution in [3.8, 4) is 0 Å². The SMILES string of the molecule is COCCC(=O)N1C[C@@H](c2cccc(F)c2)[C@@H]2NCCCCC[C@H]21. The van der Waals surface area contributed by atoms with E-state index in [4.69, 9.17) is 4.74 Å². The molecule has 0 unspecified atom stereocenters. The molecular weight excluding hydrogens is 307 g/mol. The quantitative estimate of drug-likeness (QED) is 0.920. The van der Waals surface area contributed by atoms with Gasteiger partial charge in [0.05, 0.1) is 13.0 Å². The van der Waals surface area contributed by atoms with Crippen LogP contribution in [0.25, 0.3) is 0 Å². The summed E-state index contributed by atoms with van der Waals surface area (Å²) in [5, 5.41) is 3.64. The number of likely N-dealkylation sites (tertiary alicyclic amines) is 1. The summed E-state index contributed by atoms with van der Waals surface area (Å²) in [6, 6.07) is 7.24. The number of rotatable bonds is 4. The van der Waals surface area contributed by atoms with Gasteiger partial charge in [0.1, 0.15) is 5.82 Å². The van der Waals surface area contributed by atoms with Crippen LogP contribution in [-0.4, -0.2) is 49.7 Å². The number of nitrogens with zero attached hydrogens (tertiary/aromatic N) is 1. The highest BCUT2D eigenvalue weighted by Crippen LogP contribution is 2.36. The molecule has 1 aromatic rings. The number of halogens is 1. The van der Waals surface area contributed by atoms with E-state index >= 15 is 0 Å². The summed E-state index contributed by atoms with van der Waals surface area (Å²) in [6.45, 7) is 2.08. The normalized spacial score (nSPS) is 27.4. The minimum Gasteiger partial charge on any atom is -0.384 e. The van der Waals surface area contributed by atoms with Crippen molar-refractivity contribution in [1.82, 2.24) is 10.2 Å². The van der Waals surface area contributed by atoms with Crippen molar-refractivity contribution in [3.63, 3.8) is 0 Å². The Labute approximate surface area is 143 Å². The summed E-state index contributed by atoms with van der Waals surface area (Å²) < 4.78 is 18.8. The van der Waals surface area contributed by atoms with Crippen LogP contribution in [0.1, 0.15) is 43.6 Å². The van der Waals surface area contributed by atoms with Crippen LogP contribution in [0.15, 0.2) is 24.3 Å². The zero-order valence-electron chi connectivity index (χ0n) is 14.3. The number of fused-ring (bicyclic) bond motifs is 1. The van der Waals surface area contributed by atoms with Crippen LogP contribution in [0.3, 0.4) is 0 Å². The van der Waals surface area contributed by atoms with Gasteiger partial charge in [-0.15, -0.1) is 0 Å². The third kappa shape index (κ3) is 3.78. The number of carbonyl (C=O) groups is 1. The van der Waals surface area contributed by atoms with Crippen molar-refractivity contribution in [2.24, 2.45) is 0 Å². The van der Waals surface area contributed by atoms with E-state index in [1.165, 1.54) is 12.5 Å². The molecule has 1 aromatic carbocycles. The fourth-order valence-corrected chi connectivity index (χ4v) is 4.13. The van der Waals surface area contributed by atoms with Crippen LogP contribution in [0.2, 0.25) is 0 Å². The Hall–Kier alpha value is -1.46. The molecule has 132 valence electrons. The van der Waals surface area contributed by atoms with Gasteiger partial charge < -0.3 is 15.0 Å². The molecule has 2 saturated heterocycles. The number of benzene rings is 1. The molecule has 1 N–H and O–H groups in total. The Kier molecular flexibility index (Phi) is 5.85. The average Bonchev–Trinajstić information content (AvgIpc) is 2.90. The standard InChI is InChI=1S/C19H27FN2O2/c1-24-11-9-18(23)22-13-16(14-6-5-7-15(20)12-14)19-17(22)8-3-2-4-10-21-19/h5-7,12,16-17,19,21H,2-4,8-11,13H2,1H3/t16-,17+,19-/m0/s1. The Morgan fingerprint density at radius 1 is 1.38 bits per heavy atom. The molecule has 24 heavy (non-hydrogen) atoms. The third-order valence-corrected chi connectivity index (χ3v) is 5.32. The topological polar surface area (TPSA) is 41.6 Å². The lowest BCUT2D eigenvalue weighted by Gasteiger charge is -2.31. The van der Waals surface area contributed by atoms with Crippen LogP contribution in [0.4, 0.5) is 4.39 Å². The summed E-state index contributed by atoms with van der Waals surface area (Å²) in [5.74, 6) is 0.0856. The molecule has 1 amide bonds. The number of methoxy groups -OCH3 is 1. The Bertz CT molecular complexity index is 566. The van der Waals surface area contributed by atoms with Gasteiger partial charge in [-0.25, -0.2) is 4.39 Å². The smallest absolute Gasteiger partial charge is 0.225 e. The predicted molar refractivity (Wildman–Crippen MR) is 91.4 cm³/mol. The first kappa shape index (κ1) is 17.4. The molecule has 3 rings (SSSR count). The molecule has 2 fully saturated rings. The van der Waals surface area contributed by atoms with Gasteiger partial charge in [0.15, 0.2) is 0 Å². The van der Waals surface area contributed by atoms with Crippen LogP contribution in [-0.2, 0) is 9.53 Å². The largest absolute Gasteiger partial charge is 0.384 e. The van der Waals surface area contributed by atoms with Gasteiger partial charge in [-0.2, -0.15) is 0 Å². The number of amides is 1. The minimum atomic E-state index is -0.209. The van der Waals surface area contributed by atoms with Gasteiger partial charge in [0.25, 0.3) is 0 Å². The summed E-state index contributed by atoms with van der Waals surface area (Å²) in [7, 11) is 1.62. The van der Waals surface area contributed by atoms with E-state index in [0.29, 0.717) is 19.6 Å². The van der Waals surface area contributed by atoms with E-state index in [-0.39, 0.29) is 29.7 Å². The molecule has 5 heteroatoms. The van der Waals surface area contributed by atoms with Crippen LogP contribution in [0.5, 0.6) is 0 Å². The van der Waals surface area contributed by atoms with E-state index in [1.54, 1.807) is 19.2 Å². The monoisotopic (exact) mass is 334 g/mol. The predicted octanol–water partition coefficient (Wildman–Crippen LogP) is 2.69. The number of nitrogens with one attached hydrogen (secondary N) is 1. The van der Waals surface area contributed by atoms with Crippen LogP contribution in [0, 0.1) is 5.82 Å². The van der Waals surface area contributed by atoms with E-state index < -0.39 is 0 Å². The highest BCUT2D eigenvalue weighted by atomic mass is 19.1. The molecule has 0 bridgehead atoms. The molecule has 3 atom stereocenters. The van der Waals surface area contributed by atoms with Gasteiger partial charge in [0.2, 0.25) is 5.91 Å². The van der Waals surface area contributed by atoms with Gasteiger partial charge in [0, 0.05) is 31.7 Å². The third-order valence-electron chi connectivity index (χ3n) is 5.32. The molecule has 0 aliphatic carbocycles. The lowest BCUT2D eigenvalue weighted by molar-refractivity contribution is -0.133. The van der Waals surface area contributed by atoms with Crippen molar-refractivity contribution < 1.29 is 13.9 Å². The van der Waals surface area contributed by atoms with E-state index in [9.17, 15) is 9.18 Å². The first-order valence-electron chi connectivity index (χ1n) is 8.98. The molecule has 2 heterocycles. The molecule has 0 spiro atoms. The number of carbonyl (C=O) groups excluding carboxylic acids is 1. The first-order valence-corrected chi connectivity index (χ1v) is 8.98. The lowest BCUT2D eigenvalue weighted by Crippen LogP contribution is -2.47. The van der Waals surface area contributed by atoms with Crippen LogP contribution >= 0.6 is 0 Å². The number of ether oxygens (including phenoxy) is 1. The number of hydrogen-bond donors (Lipinski definition) is 1. The summed E-state index contributed by atoms with van der Waals surface area (Å²) >= 11 is 0. The molecule has 2 aliphatic heterocycles. The maximum atomic E-state index is 13.7. The highest BCUT2D eigenvalue weighted by molar-refractivity contribution is 5.77. The molecule has 0 radical (unpaired) electrons. The summed E-state index contributed by atoms with van der Waals surface area (Å²) in [5.41, 5.74) is 0.986. The molecular formula is C19H27FN2O2. The second-order valence-corrected chi connectivity index (χ2v) is 6.85. The van der Waals surface area contributed by atoms with Crippen molar-refractivity contribution in [2.45, 2.75) is 50.1 Å². The zero-order chi connectivity index (χ0) is 16.9. The second-order valence-electron chi connectivity index (χ2n) is 6.85. The second kappa shape index (κ2) is 8.08. The fourth-order valence-electron chi connectivity index (χ4n) is 4.13.